The second-order valence-electron chi connectivity index (χ2n) is 6.37. The molecule has 2 aromatic rings. The van der Waals surface area contributed by atoms with Crippen LogP contribution < -0.4 is 0 Å². The Hall–Kier alpha value is -1.64. The number of benzene rings is 2. The lowest BCUT2D eigenvalue weighted by Crippen LogP contribution is -2.32. The van der Waals surface area contributed by atoms with Crippen molar-refractivity contribution in [3.63, 3.8) is 0 Å². The van der Waals surface area contributed by atoms with Gasteiger partial charge in [-0.1, -0.05) is 54.6 Å². The van der Waals surface area contributed by atoms with Gasteiger partial charge in [-0.3, -0.25) is 0 Å². The van der Waals surface area contributed by atoms with E-state index in [1.165, 1.54) is 23.1 Å². The molecule has 1 fully saturated rings. The molecule has 0 bridgehead atoms. The van der Waals surface area contributed by atoms with Gasteiger partial charge >= 0.3 is 0 Å². The molecule has 0 radical (unpaired) electrons. The largest absolute Gasteiger partial charge is 0.353 e. The van der Waals surface area contributed by atoms with Gasteiger partial charge in [0.15, 0.2) is 6.29 Å². The molecule has 0 saturated carbocycles. The average Bonchev–Trinajstić information content (AvgIpc) is 2.56. The van der Waals surface area contributed by atoms with Crippen LogP contribution >= 0.6 is 0 Å². The fourth-order valence-electron chi connectivity index (χ4n) is 2.90. The Balaban J connectivity index is 1.73. The van der Waals surface area contributed by atoms with Crippen molar-refractivity contribution in [3.8, 4) is 11.1 Å². The smallest absolute Gasteiger partial charge is 0.158 e. The lowest BCUT2D eigenvalue weighted by molar-refractivity contribution is -0.219. The second-order valence-corrected chi connectivity index (χ2v) is 6.37. The van der Waals surface area contributed by atoms with Crippen molar-refractivity contribution in [1.29, 1.82) is 0 Å². The molecule has 0 amide bonds. The molecule has 1 heterocycles. The van der Waals surface area contributed by atoms with Crippen LogP contribution in [0.1, 0.15) is 38.7 Å². The third-order valence-electron chi connectivity index (χ3n) is 4.25. The Labute approximate surface area is 133 Å². The number of hydrogen-bond donors (Lipinski definition) is 0. The van der Waals surface area contributed by atoms with Crippen molar-refractivity contribution in [1.82, 2.24) is 0 Å². The van der Waals surface area contributed by atoms with E-state index in [9.17, 15) is 0 Å². The van der Waals surface area contributed by atoms with Gasteiger partial charge in [0.2, 0.25) is 0 Å². The molecule has 1 unspecified atom stereocenters. The quantitative estimate of drug-likeness (QED) is 0.778. The van der Waals surface area contributed by atoms with Crippen molar-refractivity contribution in [2.75, 3.05) is 6.61 Å². The van der Waals surface area contributed by atoms with E-state index in [-0.39, 0.29) is 11.9 Å². The highest BCUT2D eigenvalue weighted by Gasteiger charge is 2.27. The molecule has 2 heteroatoms. The lowest BCUT2D eigenvalue weighted by atomic mass is 9.95. The topological polar surface area (TPSA) is 18.5 Å². The number of rotatable bonds is 4. The summed E-state index contributed by atoms with van der Waals surface area (Å²) in [5, 5.41) is 0. The van der Waals surface area contributed by atoms with E-state index in [0.29, 0.717) is 0 Å². The summed E-state index contributed by atoms with van der Waals surface area (Å²) in [5.74, 6) is 0. The molecule has 1 aliphatic heterocycles. The Bertz CT molecular complexity index is 581. The zero-order chi connectivity index (χ0) is 15.4. The van der Waals surface area contributed by atoms with E-state index in [4.69, 9.17) is 9.47 Å². The minimum atomic E-state index is -0.336. The van der Waals surface area contributed by atoms with Gasteiger partial charge in [-0.15, -0.1) is 0 Å². The molecule has 116 valence electrons. The van der Waals surface area contributed by atoms with E-state index in [2.05, 4.69) is 62.4 Å². The summed E-state index contributed by atoms with van der Waals surface area (Å²) >= 11 is 0. The van der Waals surface area contributed by atoms with E-state index in [1.807, 2.05) is 6.07 Å². The minimum absolute atomic E-state index is 0.0717. The average molecular weight is 296 g/mol. The maximum Gasteiger partial charge on any atom is 0.158 e. The summed E-state index contributed by atoms with van der Waals surface area (Å²) in [4.78, 5) is 0. The van der Waals surface area contributed by atoms with Crippen LogP contribution in [0.2, 0.25) is 0 Å². The highest BCUT2D eigenvalue weighted by molar-refractivity contribution is 5.63. The van der Waals surface area contributed by atoms with Gasteiger partial charge in [-0.2, -0.15) is 0 Å². The van der Waals surface area contributed by atoms with Gasteiger partial charge in [0.05, 0.1) is 5.60 Å². The Kier molecular flexibility index (Phi) is 4.60. The fraction of sp³-hybridized carbons (Fsp3) is 0.400. The summed E-state index contributed by atoms with van der Waals surface area (Å²) < 4.78 is 11.9. The van der Waals surface area contributed by atoms with Crippen molar-refractivity contribution >= 4 is 0 Å². The molecule has 0 N–H and O–H groups in total. The highest BCUT2D eigenvalue weighted by atomic mass is 16.7. The van der Waals surface area contributed by atoms with Gasteiger partial charge < -0.3 is 9.47 Å². The van der Waals surface area contributed by atoms with Gasteiger partial charge in [0.25, 0.3) is 0 Å². The molecule has 3 rings (SSSR count). The number of hydrogen-bond acceptors (Lipinski definition) is 2. The molecule has 1 atom stereocenters. The van der Waals surface area contributed by atoms with Gasteiger partial charge in [-0.25, -0.2) is 0 Å². The zero-order valence-corrected chi connectivity index (χ0v) is 13.4. The molecule has 22 heavy (non-hydrogen) atoms. The predicted molar refractivity (Wildman–Crippen MR) is 89.6 cm³/mol. The Morgan fingerprint density at radius 3 is 2.23 bits per heavy atom. The third kappa shape index (κ3) is 3.57. The Morgan fingerprint density at radius 2 is 1.59 bits per heavy atom. The van der Waals surface area contributed by atoms with Crippen LogP contribution in [0.5, 0.6) is 0 Å². The summed E-state index contributed by atoms with van der Waals surface area (Å²) in [6.07, 6.45) is 3.25. The molecule has 2 aromatic carbocycles. The maximum atomic E-state index is 6.19. The first kappa shape index (κ1) is 15.3. The Morgan fingerprint density at radius 1 is 0.909 bits per heavy atom. The second kappa shape index (κ2) is 6.64. The summed E-state index contributed by atoms with van der Waals surface area (Å²) in [5.41, 5.74) is 3.32. The summed E-state index contributed by atoms with van der Waals surface area (Å²) in [6, 6.07) is 19.1. The first-order chi connectivity index (χ1) is 10.6. The number of ether oxygens (including phenoxy) is 2. The van der Waals surface area contributed by atoms with Gasteiger partial charge in [-0.05, 0) is 49.8 Å². The summed E-state index contributed by atoms with van der Waals surface area (Å²) in [7, 11) is 0. The van der Waals surface area contributed by atoms with Crippen molar-refractivity contribution in [2.24, 2.45) is 0 Å². The van der Waals surface area contributed by atoms with E-state index in [0.717, 1.165) is 19.4 Å². The standard InChI is InChI=1S/C20H24O2/c1-20(2,22-19-10-6-7-15-21-19)18-13-11-17(12-14-18)16-8-4-3-5-9-16/h3-5,8-9,11-14,19H,6-7,10,15H2,1-2H3. The molecule has 0 aromatic heterocycles. The SMILES string of the molecule is CC(C)(OC1CCCCO1)c1ccc(-c2ccccc2)cc1. The van der Waals surface area contributed by atoms with Crippen LogP contribution in [-0.2, 0) is 15.1 Å². The molecule has 1 saturated heterocycles. The fourth-order valence-corrected chi connectivity index (χ4v) is 2.90. The predicted octanol–water partition coefficient (Wildman–Crippen LogP) is 5.13. The van der Waals surface area contributed by atoms with Crippen LogP contribution in [0.25, 0.3) is 11.1 Å². The van der Waals surface area contributed by atoms with Crippen LogP contribution in [0.4, 0.5) is 0 Å². The molecular weight excluding hydrogens is 272 g/mol. The normalized spacial score (nSPS) is 19.1. The van der Waals surface area contributed by atoms with Gasteiger partial charge in [0.1, 0.15) is 0 Å². The van der Waals surface area contributed by atoms with Crippen molar-refractivity contribution in [3.05, 3.63) is 60.2 Å². The van der Waals surface area contributed by atoms with Crippen molar-refractivity contribution in [2.45, 2.75) is 45.0 Å². The van der Waals surface area contributed by atoms with Crippen LogP contribution in [0.3, 0.4) is 0 Å². The van der Waals surface area contributed by atoms with Crippen molar-refractivity contribution < 1.29 is 9.47 Å². The van der Waals surface area contributed by atoms with E-state index in [1.54, 1.807) is 0 Å². The molecule has 1 aliphatic rings. The first-order valence-electron chi connectivity index (χ1n) is 8.10. The molecule has 2 nitrogen and oxygen atoms in total. The van der Waals surface area contributed by atoms with Gasteiger partial charge in [0, 0.05) is 6.61 Å². The third-order valence-corrected chi connectivity index (χ3v) is 4.25. The zero-order valence-electron chi connectivity index (χ0n) is 13.4. The first-order valence-corrected chi connectivity index (χ1v) is 8.10. The lowest BCUT2D eigenvalue weighted by Gasteiger charge is -2.33. The maximum absolute atomic E-state index is 6.19. The van der Waals surface area contributed by atoms with Crippen LogP contribution in [0, 0.1) is 0 Å². The van der Waals surface area contributed by atoms with Crippen LogP contribution in [0.15, 0.2) is 54.6 Å². The summed E-state index contributed by atoms with van der Waals surface area (Å²) in [6.45, 7) is 5.04. The van der Waals surface area contributed by atoms with Crippen LogP contribution in [-0.4, -0.2) is 12.9 Å². The monoisotopic (exact) mass is 296 g/mol. The molecule has 0 aliphatic carbocycles. The highest BCUT2D eigenvalue weighted by Crippen LogP contribution is 2.31. The van der Waals surface area contributed by atoms with E-state index < -0.39 is 0 Å². The van der Waals surface area contributed by atoms with E-state index >= 15 is 0 Å². The minimum Gasteiger partial charge on any atom is -0.353 e. The molecule has 0 spiro atoms. The molecular formula is C20H24O2.